The number of hydrogen-bond donors (Lipinski definition) is 2. The Morgan fingerprint density at radius 1 is 1.61 bits per heavy atom. The minimum absolute atomic E-state index is 0.0719. The number of primary amides is 1. The molecule has 1 atom stereocenters. The highest BCUT2D eigenvalue weighted by molar-refractivity contribution is 5.84. The second-order valence-corrected chi connectivity index (χ2v) is 4.53. The van der Waals surface area contributed by atoms with E-state index in [2.05, 4.69) is 0 Å². The predicted octanol–water partition coefficient (Wildman–Crippen LogP) is 0.736. The summed E-state index contributed by atoms with van der Waals surface area (Å²) in [4.78, 5) is 24.0. The largest absolute Gasteiger partial charge is 0.475 e. The van der Waals surface area contributed by atoms with E-state index in [0.29, 0.717) is 12.3 Å². The number of carbonyl (C=O) groups is 2. The minimum atomic E-state index is -1.09. The van der Waals surface area contributed by atoms with Gasteiger partial charge in [0.25, 0.3) is 0 Å². The Morgan fingerprint density at radius 2 is 2.33 bits per heavy atom. The number of amides is 1. The zero-order valence-electron chi connectivity index (χ0n) is 10.2. The van der Waals surface area contributed by atoms with Crippen molar-refractivity contribution < 1.29 is 19.1 Å². The Bertz CT molecular complexity index is 480. The number of hydrogen-bond acceptors (Lipinski definition) is 4. The lowest BCUT2D eigenvalue weighted by Gasteiger charge is -2.21. The summed E-state index contributed by atoms with van der Waals surface area (Å²) in [7, 11) is 0. The molecule has 1 aromatic rings. The monoisotopic (exact) mass is 252 g/mol. The molecule has 1 saturated heterocycles. The van der Waals surface area contributed by atoms with Gasteiger partial charge in [0.1, 0.15) is 5.76 Å². The Balaban J connectivity index is 2.14. The number of nitrogens with two attached hydrogens (primary N) is 1. The summed E-state index contributed by atoms with van der Waals surface area (Å²) in [6, 6.07) is 1.25. The molecule has 6 nitrogen and oxygen atoms in total. The Kier molecular flexibility index (Phi) is 3.38. The van der Waals surface area contributed by atoms with Gasteiger partial charge in [-0.3, -0.25) is 9.69 Å². The molecule has 1 aliphatic heterocycles. The number of likely N-dealkylation sites (tertiary alicyclic amines) is 1. The van der Waals surface area contributed by atoms with Crippen LogP contribution in [0.3, 0.4) is 0 Å². The van der Waals surface area contributed by atoms with E-state index in [0.717, 1.165) is 24.9 Å². The third kappa shape index (κ3) is 2.38. The van der Waals surface area contributed by atoms with Gasteiger partial charge >= 0.3 is 5.97 Å². The van der Waals surface area contributed by atoms with Gasteiger partial charge in [-0.2, -0.15) is 0 Å². The summed E-state index contributed by atoms with van der Waals surface area (Å²) in [5, 5.41) is 8.84. The molecule has 0 aliphatic carbocycles. The topological polar surface area (TPSA) is 96.8 Å². The molecular weight excluding hydrogens is 236 g/mol. The first kappa shape index (κ1) is 12.6. The molecule has 2 heterocycles. The number of aromatic carboxylic acids is 1. The fraction of sp³-hybridized carbons (Fsp3) is 0.500. The quantitative estimate of drug-likeness (QED) is 0.823. The van der Waals surface area contributed by atoms with Crippen LogP contribution in [0.1, 0.15) is 34.7 Å². The SMILES string of the molecule is Cc1oc(C(=O)O)cc1CN1CCCC1C(N)=O. The van der Waals surface area contributed by atoms with Crippen molar-refractivity contribution >= 4 is 11.9 Å². The first-order valence-electron chi connectivity index (χ1n) is 5.85. The molecule has 1 fully saturated rings. The normalized spacial score (nSPS) is 20.2. The van der Waals surface area contributed by atoms with Gasteiger partial charge < -0.3 is 15.3 Å². The molecule has 6 heteroatoms. The molecule has 98 valence electrons. The molecule has 18 heavy (non-hydrogen) atoms. The third-order valence-electron chi connectivity index (χ3n) is 3.30. The molecule has 2 rings (SSSR count). The van der Waals surface area contributed by atoms with Crippen LogP contribution in [-0.2, 0) is 11.3 Å². The third-order valence-corrected chi connectivity index (χ3v) is 3.30. The lowest BCUT2D eigenvalue weighted by molar-refractivity contribution is -0.122. The molecule has 1 amide bonds. The number of nitrogens with zero attached hydrogens (tertiary/aromatic N) is 1. The van der Waals surface area contributed by atoms with Crippen LogP contribution in [0.15, 0.2) is 10.5 Å². The number of carboxylic acid groups (broad SMARTS) is 1. The van der Waals surface area contributed by atoms with Crippen LogP contribution in [-0.4, -0.2) is 34.5 Å². The van der Waals surface area contributed by atoms with E-state index in [1.165, 1.54) is 6.07 Å². The fourth-order valence-electron chi connectivity index (χ4n) is 2.34. The van der Waals surface area contributed by atoms with Gasteiger partial charge in [-0.1, -0.05) is 0 Å². The summed E-state index contributed by atoms with van der Waals surface area (Å²) in [6.45, 7) is 3.01. The zero-order chi connectivity index (χ0) is 13.3. The number of carboxylic acids is 1. The molecule has 1 unspecified atom stereocenters. The molecule has 0 radical (unpaired) electrons. The summed E-state index contributed by atoms with van der Waals surface area (Å²) in [6.07, 6.45) is 1.69. The van der Waals surface area contributed by atoms with Crippen LogP contribution in [0.2, 0.25) is 0 Å². The van der Waals surface area contributed by atoms with Crippen molar-refractivity contribution in [2.75, 3.05) is 6.54 Å². The second-order valence-electron chi connectivity index (χ2n) is 4.53. The molecule has 1 aliphatic rings. The molecule has 3 N–H and O–H groups in total. The van der Waals surface area contributed by atoms with Crippen LogP contribution >= 0.6 is 0 Å². The van der Waals surface area contributed by atoms with Crippen LogP contribution in [0.5, 0.6) is 0 Å². The van der Waals surface area contributed by atoms with Gasteiger partial charge in [0, 0.05) is 12.1 Å². The molecule has 0 aromatic carbocycles. The second kappa shape index (κ2) is 4.81. The lowest BCUT2D eigenvalue weighted by Crippen LogP contribution is -2.39. The van der Waals surface area contributed by atoms with Crippen LogP contribution in [0.25, 0.3) is 0 Å². The number of aryl methyl sites for hydroxylation is 1. The van der Waals surface area contributed by atoms with E-state index in [1.54, 1.807) is 6.92 Å². The van der Waals surface area contributed by atoms with Crippen molar-refractivity contribution in [2.45, 2.75) is 32.4 Å². The maximum atomic E-state index is 11.3. The van der Waals surface area contributed by atoms with Gasteiger partial charge in [-0.15, -0.1) is 0 Å². The standard InChI is InChI=1S/C12H16N2O4/c1-7-8(5-10(18-7)12(16)17)6-14-4-2-3-9(14)11(13)15/h5,9H,2-4,6H2,1H3,(H2,13,15)(H,16,17). The summed E-state index contributed by atoms with van der Waals surface area (Å²) in [5.74, 6) is -0.913. The van der Waals surface area contributed by atoms with E-state index < -0.39 is 5.97 Å². The van der Waals surface area contributed by atoms with Gasteiger partial charge in [-0.25, -0.2) is 4.79 Å². The first-order valence-corrected chi connectivity index (χ1v) is 5.85. The molecular formula is C12H16N2O4. The minimum Gasteiger partial charge on any atom is -0.475 e. The van der Waals surface area contributed by atoms with E-state index in [4.69, 9.17) is 15.3 Å². The van der Waals surface area contributed by atoms with Crippen molar-refractivity contribution in [2.24, 2.45) is 5.73 Å². The highest BCUT2D eigenvalue weighted by Crippen LogP contribution is 2.23. The van der Waals surface area contributed by atoms with Crippen molar-refractivity contribution in [1.82, 2.24) is 4.90 Å². The van der Waals surface area contributed by atoms with Gasteiger partial charge in [-0.05, 0) is 32.4 Å². The Hall–Kier alpha value is -1.82. The highest BCUT2D eigenvalue weighted by atomic mass is 16.4. The van der Waals surface area contributed by atoms with Crippen molar-refractivity contribution in [3.8, 4) is 0 Å². The van der Waals surface area contributed by atoms with Crippen LogP contribution in [0.4, 0.5) is 0 Å². The smallest absolute Gasteiger partial charge is 0.371 e. The van der Waals surface area contributed by atoms with E-state index in [9.17, 15) is 9.59 Å². The van der Waals surface area contributed by atoms with E-state index in [1.807, 2.05) is 4.90 Å². The van der Waals surface area contributed by atoms with Gasteiger partial charge in [0.05, 0.1) is 6.04 Å². The van der Waals surface area contributed by atoms with Crippen LogP contribution < -0.4 is 5.73 Å². The van der Waals surface area contributed by atoms with E-state index >= 15 is 0 Å². The molecule has 0 saturated carbocycles. The lowest BCUT2D eigenvalue weighted by atomic mass is 10.2. The number of carbonyl (C=O) groups excluding carboxylic acids is 1. The Labute approximate surface area is 104 Å². The molecule has 0 spiro atoms. The number of rotatable bonds is 4. The average molecular weight is 252 g/mol. The predicted molar refractivity (Wildman–Crippen MR) is 63.0 cm³/mol. The van der Waals surface area contributed by atoms with Crippen molar-refractivity contribution in [3.05, 3.63) is 23.2 Å². The van der Waals surface area contributed by atoms with Gasteiger partial charge in [0.15, 0.2) is 0 Å². The maximum absolute atomic E-state index is 11.3. The van der Waals surface area contributed by atoms with Crippen molar-refractivity contribution in [3.63, 3.8) is 0 Å². The molecule has 0 bridgehead atoms. The first-order chi connectivity index (χ1) is 8.49. The summed E-state index contributed by atoms with van der Waals surface area (Å²) < 4.78 is 5.14. The van der Waals surface area contributed by atoms with E-state index in [-0.39, 0.29) is 17.7 Å². The molecule has 1 aromatic heterocycles. The summed E-state index contributed by atoms with van der Waals surface area (Å²) >= 11 is 0. The Morgan fingerprint density at radius 3 is 2.89 bits per heavy atom. The highest BCUT2D eigenvalue weighted by Gasteiger charge is 2.29. The van der Waals surface area contributed by atoms with Gasteiger partial charge in [0.2, 0.25) is 11.7 Å². The van der Waals surface area contributed by atoms with Crippen LogP contribution in [0, 0.1) is 6.92 Å². The maximum Gasteiger partial charge on any atom is 0.371 e. The number of furan rings is 1. The fourth-order valence-corrected chi connectivity index (χ4v) is 2.34. The zero-order valence-corrected chi connectivity index (χ0v) is 10.2. The summed E-state index contributed by atoms with van der Waals surface area (Å²) in [5.41, 5.74) is 6.13. The van der Waals surface area contributed by atoms with Crippen molar-refractivity contribution in [1.29, 1.82) is 0 Å². The average Bonchev–Trinajstić information content (AvgIpc) is 2.87.